The van der Waals surface area contributed by atoms with Crippen LogP contribution in [0.2, 0.25) is 0 Å². The van der Waals surface area contributed by atoms with Gasteiger partial charge in [0, 0.05) is 6.54 Å². The average molecular weight is 266 g/mol. The van der Waals surface area contributed by atoms with E-state index in [0.29, 0.717) is 12.5 Å². The molecule has 2 amide bonds. The van der Waals surface area contributed by atoms with Gasteiger partial charge >= 0.3 is 0 Å². The summed E-state index contributed by atoms with van der Waals surface area (Å²) >= 11 is 0. The smallest absolute Gasteiger partial charge is 0.246 e. The molecular formula is C15H26N2O2. The minimum atomic E-state index is -0.550. The highest BCUT2D eigenvalue weighted by atomic mass is 16.2. The van der Waals surface area contributed by atoms with Gasteiger partial charge in [0.15, 0.2) is 0 Å². The van der Waals surface area contributed by atoms with Crippen LogP contribution in [-0.4, -0.2) is 34.8 Å². The zero-order valence-electron chi connectivity index (χ0n) is 12.4. The zero-order valence-corrected chi connectivity index (χ0v) is 12.4. The van der Waals surface area contributed by atoms with E-state index < -0.39 is 5.54 Å². The van der Waals surface area contributed by atoms with E-state index in [1.54, 1.807) is 6.92 Å². The number of carbonyl (C=O) groups excluding carboxylic acids is 2. The number of nitrogens with zero attached hydrogens (tertiary/aromatic N) is 1. The van der Waals surface area contributed by atoms with E-state index in [0.717, 1.165) is 32.1 Å². The first-order valence-electron chi connectivity index (χ1n) is 7.63. The van der Waals surface area contributed by atoms with Gasteiger partial charge in [-0.3, -0.25) is 9.59 Å². The van der Waals surface area contributed by atoms with Gasteiger partial charge in [-0.25, -0.2) is 0 Å². The van der Waals surface area contributed by atoms with Crippen LogP contribution in [0, 0.1) is 5.92 Å². The van der Waals surface area contributed by atoms with E-state index in [4.69, 9.17) is 0 Å². The van der Waals surface area contributed by atoms with Crippen LogP contribution in [0.1, 0.15) is 59.3 Å². The van der Waals surface area contributed by atoms with Crippen LogP contribution in [-0.2, 0) is 9.59 Å². The lowest BCUT2D eigenvalue weighted by Crippen LogP contribution is -2.71. The van der Waals surface area contributed by atoms with Crippen molar-refractivity contribution in [1.82, 2.24) is 10.2 Å². The molecule has 1 heterocycles. The van der Waals surface area contributed by atoms with Crippen molar-refractivity contribution in [3.63, 3.8) is 0 Å². The van der Waals surface area contributed by atoms with E-state index in [1.165, 1.54) is 6.42 Å². The molecule has 4 nitrogen and oxygen atoms in total. The molecule has 0 aromatic carbocycles. The molecule has 0 aromatic heterocycles. The van der Waals surface area contributed by atoms with Crippen LogP contribution in [0.3, 0.4) is 0 Å². The third kappa shape index (κ3) is 2.49. The summed E-state index contributed by atoms with van der Waals surface area (Å²) in [5.41, 5.74) is -0.550. The highest BCUT2D eigenvalue weighted by Crippen LogP contribution is 2.37. The summed E-state index contributed by atoms with van der Waals surface area (Å²) in [6, 6.07) is -0.371. The average Bonchev–Trinajstić information content (AvgIpc) is 2.42. The van der Waals surface area contributed by atoms with Crippen LogP contribution in [0.5, 0.6) is 0 Å². The summed E-state index contributed by atoms with van der Waals surface area (Å²) in [5.74, 6) is 0.616. The molecule has 1 aliphatic carbocycles. The second kappa shape index (κ2) is 5.51. The summed E-state index contributed by atoms with van der Waals surface area (Å²) in [7, 11) is 0. The van der Waals surface area contributed by atoms with Gasteiger partial charge in [-0.2, -0.15) is 0 Å². The summed E-state index contributed by atoms with van der Waals surface area (Å²) in [6.07, 6.45) is 5.96. The lowest BCUT2D eigenvalue weighted by molar-refractivity contribution is -0.160. The molecule has 1 spiro atoms. The van der Waals surface area contributed by atoms with Gasteiger partial charge in [-0.1, -0.05) is 39.5 Å². The number of nitrogens with one attached hydrogen (secondary N) is 1. The maximum absolute atomic E-state index is 12.5. The van der Waals surface area contributed by atoms with Crippen LogP contribution in [0.15, 0.2) is 0 Å². The summed E-state index contributed by atoms with van der Waals surface area (Å²) < 4.78 is 0. The minimum Gasteiger partial charge on any atom is -0.343 e. The molecule has 2 fully saturated rings. The van der Waals surface area contributed by atoms with Crippen LogP contribution < -0.4 is 5.32 Å². The molecule has 2 rings (SSSR count). The van der Waals surface area contributed by atoms with Crippen LogP contribution >= 0.6 is 0 Å². The fraction of sp³-hybridized carbons (Fsp3) is 0.867. The fourth-order valence-electron chi connectivity index (χ4n) is 3.30. The van der Waals surface area contributed by atoms with Gasteiger partial charge in [-0.05, 0) is 25.7 Å². The van der Waals surface area contributed by atoms with Gasteiger partial charge in [0.25, 0.3) is 0 Å². The largest absolute Gasteiger partial charge is 0.343 e. The molecule has 0 radical (unpaired) electrons. The van der Waals surface area contributed by atoms with Gasteiger partial charge in [0.1, 0.15) is 11.6 Å². The first-order valence-corrected chi connectivity index (χ1v) is 7.63. The summed E-state index contributed by atoms with van der Waals surface area (Å²) in [5, 5.41) is 2.88. The van der Waals surface area contributed by atoms with E-state index >= 15 is 0 Å². The number of hydrogen-bond donors (Lipinski definition) is 1. The number of amides is 2. The molecule has 2 aliphatic rings. The maximum atomic E-state index is 12.5. The Balaban J connectivity index is 2.28. The van der Waals surface area contributed by atoms with Gasteiger partial charge in [0.05, 0.1) is 0 Å². The number of piperazine rings is 1. The van der Waals surface area contributed by atoms with Crippen LogP contribution in [0.4, 0.5) is 0 Å². The molecule has 108 valence electrons. The van der Waals surface area contributed by atoms with Crippen molar-refractivity contribution in [3.8, 4) is 0 Å². The second-order valence-corrected chi connectivity index (χ2v) is 6.25. The predicted molar refractivity (Wildman–Crippen MR) is 74.6 cm³/mol. The minimum absolute atomic E-state index is 0.0719. The van der Waals surface area contributed by atoms with Crippen molar-refractivity contribution in [1.29, 1.82) is 0 Å². The number of carbonyl (C=O) groups is 2. The third-order valence-electron chi connectivity index (χ3n) is 4.80. The van der Waals surface area contributed by atoms with Gasteiger partial charge in [-0.15, -0.1) is 0 Å². The van der Waals surface area contributed by atoms with Crippen molar-refractivity contribution in [2.75, 3.05) is 6.54 Å². The Morgan fingerprint density at radius 1 is 1.32 bits per heavy atom. The van der Waals surface area contributed by atoms with Crippen molar-refractivity contribution in [2.45, 2.75) is 70.9 Å². The molecule has 2 atom stereocenters. The highest BCUT2D eigenvalue weighted by molar-refractivity contribution is 5.99. The molecule has 19 heavy (non-hydrogen) atoms. The van der Waals surface area contributed by atoms with E-state index in [9.17, 15) is 9.59 Å². The zero-order chi connectivity index (χ0) is 14.0. The molecule has 2 unspecified atom stereocenters. The third-order valence-corrected chi connectivity index (χ3v) is 4.80. The molecule has 4 heteroatoms. The Kier molecular flexibility index (Phi) is 4.16. The van der Waals surface area contributed by atoms with Gasteiger partial charge in [0.2, 0.25) is 11.8 Å². The summed E-state index contributed by atoms with van der Waals surface area (Å²) in [4.78, 5) is 26.9. The monoisotopic (exact) mass is 266 g/mol. The number of rotatable bonds is 3. The van der Waals surface area contributed by atoms with Crippen molar-refractivity contribution in [3.05, 3.63) is 0 Å². The number of hydrogen-bond acceptors (Lipinski definition) is 2. The SMILES string of the molecule is CCC(C)CN1C(=O)C(C)NC(=O)C12CCCCC2. The first kappa shape index (κ1) is 14.4. The quantitative estimate of drug-likeness (QED) is 0.850. The molecule has 0 bridgehead atoms. The van der Waals surface area contributed by atoms with E-state index in [1.807, 2.05) is 4.90 Å². The molecule has 1 saturated carbocycles. The fourth-order valence-corrected chi connectivity index (χ4v) is 3.30. The summed E-state index contributed by atoms with van der Waals surface area (Å²) in [6.45, 7) is 6.80. The molecule has 1 aliphatic heterocycles. The van der Waals surface area contributed by atoms with Gasteiger partial charge < -0.3 is 10.2 Å². The second-order valence-electron chi connectivity index (χ2n) is 6.25. The highest BCUT2D eigenvalue weighted by Gasteiger charge is 2.51. The lowest BCUT2D eigenvalue weighted by Gasteiger charge is -2.50. The Bertz CT molecular complexity index is 361. The van der Waals surface area contributed by atoms with Crippen LogP contribution in [0.25, 0.3) is 0 Å². The molecule has 1 N–H and O–H groups in total. The predicted octanol–water partition coefficient (Wildman–Crippen LogP) is 2.08. The van der Waals surface area contributed by atoms with Crippen molar-refractivity contribution < 1.29 is 9.59 Å². The topological polar surface area (TPSA) is 49.4 Å². The Morgan fingerprint density at radius 3 is 2.53 bits per heavy atom. The first-order chi connectivity index (χ1) is 9.01. The Hall–Kier alpha value is -1.06. The Morgan fingerprint density at radius 2 is 1.95 bits per heavy atom. The normalized spacial score (nSPS) is 28.4. The van der Waals surface area contributed by atoms with E-state index in [-0.39, 0.29) is 17.9 Å². The molecule has 1 saturated heterocycles. The Labute approximate surface area is 115 Å². The van der Waals surface area contributed by atoms with E-state index in [2.05, 4.69) is 19.2 Å². The van der Waals surface area contributed by atoms with Crippen molar-refractivity contribution in [2.24, 2.45) is 5.92 Å². The van der Waals surface area contributed by atoms with Crippen molar-refractivity contribution >= 4 is 11.8 Å². The maximum Gasteiger partial charge on any atom is 0.246 e. The molecule has 0 aromatic rings. The standard InChI is InChI=1S/C15H26N2O2/c1-4-11(2)10-17-13(18)12(3)16-14(19)15(17)8-6-5-7-9-15/h11-12H,4-10H2,1-3H3,(H,16,19). The molecular weight excluding hydrogens is 240 g/mol. The lowest BCUT2D eigenvalue weighted by atomic mass is 9.77.